The quantitative estimate of drug-likeness (QED) is 0.803. The molecule has 2 nitrogen and oxygen atoms in total. The topological polar surface area (TPSA) is 32.3 Å². The summed E-state index contributed by atoms with van der Waals surface area (Å²) in [5.41, 5.74) is 2.33. The molecule has 0 amide bonds. The fourth-order valence-electron chi connectivity index (χ4n) is 2.25. The third-order valence-corrected chi connectivity index (χ3v) is 5.43. The molecule has 1 aliphatic rings. The fourth-order valence-corrected chi connectivity index (χ4v) is 3.01. The third-order valence-electron chi connectivity index (χ3n) is 4.01. The monoisotopic (exact) mass is 279 g/mol. The average Bonchev–Trinajstić information content (AvgIpc) is 3.19. The first-order valence-electron chi connectivity index (χ1n) is 7.10. The van der Waals surface area contributed by atoms with Crippen LogP contribution in [0, 0.1) is 0 Å². The van der Waals surface area contributed by atoms with Gasteiger partial charge in [-0.3, -0.25) is 0 Å². The van der Waals surface area contributed by atoms with Crippen molar-refractivity contribution in [3.63, 3.8) is 0 Å². The number of aliphatic hydroxyl groups excluding tert-OH is 1. The van der Waals surface area contributed by atoms with Crippen molar-refractivity contribution in [3.8, 4) is 0 Å². The third kappa shape index (κ3) is 3.98. The summed E-state index contributed by atoms with van der Waals surface area (Å²) in [4.78, 5) is 0. The van der Waals surface area contributed by atoms with Crippen molar-refractivity contribution in [2.75, 3.05) is 19.3 Å². The van der Waals surface area contributed by atoms with Gasteiger partial charge in [-0.05, 0) is 36.1 Å². The summed E-state index contributed by atoms with van der Waals surface area (Å²) in [5.74, 6) is 0.542. The van der Waals surface area contributed by atoms with Crippen molar-refractivity contribution in [2.24, 2.45) is 0 Å². The number of nitrogens with one attached hydrogen (secondary N) is 1. The Bertz CT molecular complexity index is 398. The van der Waals surface area contributed by atoms with E-state index in [2.05, 4.69) is 37.6 Å². The van der Waals surface area contributed by atoms with Gasteiger partial charge < -0.3 is 10.4 Å². The van der Waals surface area contributed by atoms with Gasteiger partial charge in [-0.2, -0.15) is 11.8 Å². The predicted molar refractivity (Wildman–Crippen MR) is 83.8 cm³/mol. The molecule has 19 heavy (non-hydrogen) atoms. The van der Waals surface area contributed by atoms with E-state index in [1.807, 2.05) is 23.9 Å². The van der Waals surface area contributed by atoms with Gasteiger partial charge in [-0.25, -0.2) is 0 Å². The minimum Gasteiger partial charge on any atom is -0.387 e. The zero-order chi connectivity index (χ0) is 13.9. The number of benzene rings is 1. The average molecular weight is 279 g/mol. The van der Waals surface area contributed by atoms with Crippen molar-refractivity contribution < 1.29 is 5.11 Å². The highest BCUT2D eigenvalue weighted by molar-refractivity contribution is 8.00. The number of aliphatic hydroxyl groups is 1. The Balaban J connectivity index is 1.80. The van der Waals surface area contributed by atoms with E-state index in [9.17, 15) is 5.11 Å². The molecule has 0 radical (unpaired) electrons. The normalized spacial score (nSPS) is 18.6. The van der Waals surface area contributed by atoms with E-state index in [1.54, 1.807) is 0 Å². The molecule has 1 fully saturated rings. The van der Waals surface area contributed by atoms with E-state index in [0.29, 0.717) is 17.2 Å². The lowest BCUT2D eigenvalue weighted by molar-refractivity contribution is 0.175. The first-order valence-corrected chi connectivity index (χ1v) is 8.32. The van der Waals surface area contributed by atoms with E-state index in [-0.39, 0.29) is 0 Å². The van der Waals surface area contributed by atoms with Gasteiger partial charge in [0.1, 0.15) is 0 Å². The second kappa shape index (κ2) is 6.29. The van der Waals surface area contributed by atoms with E-state index in [4.69, 9.17) is 0 Å². The Kier molecular flexibility index (Phi) is 4.93. The zero-order valence-electron chi connectivity index (χ0n) is 12.1. The Hall–Kier alpha value is -0.510. The van der Waals surface area contributed by atoms with Crippen molar-refractivity contribution in [1.29, 1.82) is 0 Å². The standard InChI is InChI=1S/C16H25NOS/c1-12(2)13-4-6-14(7-5-13)15(18)10-17-11-16(19-3)8-9-16/h4-7,12,15,17-18H,8-11H2,1-3H3. The van der Waals surface area contributed by atoms with Gasteiger partial charge in [0, 0.05) is 17.8 Å². The maximum atomic E-state index is 10.2. The first kappa shape index (κ1) is 14.9. The molecule has 0 saturated heterocycles. The number of hydrogen-bond acceptors (Lipinski definition) is 3. The summed E-state index contributed by atoms with van der Waals surface area (Å²) in [6.07, 6.45) is 4.38. The number of thioether (sulfide) groups is 1. The molecule has 0 bridgehead atoms. The lowest BCUT2D eigenvalue weighted by Gasteiger charge is -2.17. The van der Waals surface area contributed by atoms with Crippen molar-refractivity contribution in [1.82, 2.24) is 5.32 Å². The molecule has 1 aromatic rings. The Morgan fingerprint density at radius 3 is 2.26 bits per heavy atom. The largest absolute Gasteiger partial charge is 0.387 e. The molecular weight excluding hydrogens is 254 g/mol. The molecule has 1 aromatic carbocycles. The van der Waals surface area contributed by atoms with Gasteiger partial charge in [0.05, 0.1) is 6.10 Å². The molecule has 0 aromatic heterocycles. The van der Waals surface area contributed by atoms with Crippen LogP contribution in [-0.4, -0.2) is 29.2 Å². The first-order chi connectivity index (χ1) is 9.06. The van der Waals surface area contributed by atoms with Crippen LogP contribution < -0.4 is 5.32 Å². The smallest absolute Gasteiger partial charge is 0.0914 e. The van der Waals surface area contributed by atoms with Gasteiger partial charge in [0.25, 0.3) is 0 Å². The molecule has 1 aliphatic carbocycles. The van der Waals surface area contributed by atoms with Crippen LogP contribution in [0.2, 0.25) is 0 Å². The molecule has 2 rings (SSSR count). The summed E-state index contributed by atoms with van der Waals surface area (Å²) >= 11 is 1.95. The zero-order valence-corrected chi connectivity index (χ0v) is 13.0. The van der Waals surface area contributed by atoms with Crippen LogP contribution in [0.5, 0.6) is 0 Å². The van der Waals surface area contributed by atoms with Gasteiger partial charge in [0.15, 0.2) is 0 Å². The maximum absolute atomic E-state index is 10.2. The minimum absolute atomic E-state index is 0.404. The summed E-state index contributed by atoms with van der Waals surface area (Å²) in [7, 11) is 0. The maximum Gasteiger partial charge on any atom is 0.0914 e. The highest BCUT2D eigenvalue weighted by Crippen LogP contribution is 2.46. The van der Waals surface area contributed by atoms with Gasteiger partial charge in [-0.15, -0.1) is 0 Å². The van der Waals surface area contributed by atoms with E-state index < -0.39 is 6.10 Å². The summed E-state index contributed by atoms with van der Waals surface area (Å²) in [6.45, 7) is 6.02. The lowest BCUT2D eigenvalue weighted by atomic mass is 10.00. The Morgan fingerprint density at radius 2 is 1.79 bits per heavy atom. The van der Waals surface area contributed by atoms with Crippen LogP contribution in [0.15, 0.2) is 24.3 Å². The van der Waals surface area contributed by atoms with Crippen LogP contribution in [0.4, 0.5) is 0 Å². The molecule has 2 N–H and O–H groups in total. The van der Waals surface area contributed by atoms with Crippen LogP contribution in [0.25, 0.3) is 0 Å². The van der Waals surface area contributed by atoms with Crippen molar-refractivity contribution in [3.05, 3.63) is 35.4 Å². The molecule has 3 heteroatoms. The molecule has 1 unspecified atom stereocenters. The highest BCUT2D eigenvalue weighted by atomic mass is 32.2. The molecule has 0 heterocycles. The number of rotatable bonds is 7. The molecule has 106 valence electrons. The summed E-state index contributed by atoms with van der Waals surface area (Å²) in [6, 6.07) is 8.33. The lowest BCUT2D eigenvalue weighted by Crippen LogP contribution is -2.29. The van der Waals surface area contributed by atoms with Crippen LogP contribution in [-0.2, 0) is 0 Å². The van der Waals surface area contributed by atoms with Crippen molar-refractivity contribution in [2.45, 2.75) is 43.5 Å². The highest BCUT2D eigenvalue weighted by Gasteiger charge is 2.41. The SMILES string of the molecule is CSC1(CNCC(O)c2ccc(C(C)C)cc2)CC1. The van der Waals surface area contributed by atoms with Gasteiger partial charge in [0.2, 0.25) is 0 Å². The van der Waals surface area contributed by atoms with Gasteiger partial charge in [-0.1, -0.05) is 38.1 Å². The second-order valence-electron chi connectivity index (χ2n) is 5.86. The Labute approximate surface area is 121 Å². The number of hydrogen-bond donors (Lipinski definition) is 2. The summed E-state index contributed by atoms with van der Waals surface area (Å²) < 4.78 is 0.460. The van der Waals surface area contributed by atoms with Crippen LogP contribution >= 0.6 is 11.8 Å². The molecular formula is C16H25NOS. The molecule has 1 atom stereocenters. The van der Waals surface area contributed by atoms with E-state index in [0.717, 1.165) is 12.1 Å². The van der Waals surface area contributed by atoms with Crippen LogP contribution in [0.1, 0.15) is 49.8 Å². The second-order valence-corrected chi connectivity index (χ2v) is 7.13. The van der Waals surface area contributed by atoms with Crippen LogP contribution in [0.3, 0.4) is 0 Å². The molecule has 0 aliphatic heterocycles. The summed E-state index contributed by atoms with van der Waals surface area (Å²) in [5, 5.41) is 13.6. The van der Waals surface area contributed by atoms with E-state index in [1.165, 1.54) is 18.4 Å². The molecule has 1 saturated carbocycles. The predicted octanol–water partition coefficient (Wildman–Crippen LogP) is 3.33. The fraction of sp³-hybridized carbons (Fsp3) is 0.625. The van der Waals surface area contributed by atoms with Crippen molar-refractivity contribution >= 4 is 11.8 Å². The minimum atomic E-state index is -0.404. The van der Waals surface area contributed by atoms with E-state index >= 15 is 0 Å². The Morgan fingerprint density at radius 1 is 1.21 bits per heavy atom. The van der Waals surface area contributed by atoms with Gasteiger partial charge >= 0.3 is 0 Å². The molecule has 0 spiro atoms.